The number of hydrogen-bond donors (Lipinski definition) is 0. The maximum absolute atomic E-state index is 9.21. The van der Waals surface area contributed by atoms with Crippen LogP contribution in [-0.2, 0) is 10.8 Å². The fourth-order valence-corrected chi connectivity index (χ4v) is 9.08. The van der Waals surface area contributed by atoms with E-state index in [-0.39, 0.29) is 33.9 Å². The van der Waals surface area contributed by atoms with Crippen LogP contribution in [0.3, 0.4) is 0 Å². The van der Waals surface area contributed by atoms with Crippen molar-refractivity contribution in [1.29, 1.82) is 0 Å². The minimum Gasteiger partial charge on any atom is -0.458 e. The standard InChI is InChI=1S/C62H60N4O/c1-41(60(2,3)4)43-32-33-63-58(36-43)66-54-27-15-14-24-52(54)53-31-30-49(39-57(53)66)67-48-23-18-22-47(38-48)64-40-65(56-29-17-16-28-55(56)64)59-50(42-20-12-11-13-21-42)25-19-26-51(59)44-34-45(61(5,6)7)37-46(35-44)62(8,9)10/h11-39,41H,1-10H3/i11D,12D,13D,20D,21D. The fraction of sp³-hybridized carbons (Fsp3) is 0.226. The van der Waals surface area contributed by atoms with Crippen molar-refractivity contribution < 1.29 is 16.2 Å². The molecule has 3 aromatic heterocycles. The van der Waals surface area contributed by atoms with E-state index >= 15 is 0 Å². The molecule has 67 heavy (non-hydrogen) atoms. The molecule has 0 fully saturated rings. The summed E-state index contributed by atoms with van der Waals surface area (Å²) < 4.78 is 57.3. The zero-order chi connectivity index (χ0) is 51.2. The first kappa shape index (κ1) is 37.9. The Kier molecular flexibility index (Phi) is 9.38. The number of benzene rings is 7. The van der Waals surface area contributed by atoms with Gasteiger partial charge in [-0.05, 0) is 110 Å². The van der Waals surface area contributed by atoms with E-state index in [2.05, 4.69) is 153 Å². The molecule has 0 N–H and O–H groups in total. The van der Waals surface area contributed by atoms with Crippen LogP contribution in [0, 0.1) is 11.7 Å². The molecule has 0 saturated carbocycles. The highest BCUT2D eigenvalue weighted by Gasteiger charge is 2.26. The number of imidazole rings is 1. The van der Waals surface area contributed by atoms with Gasteiger partial charge in [-0.3, -0.25) is 13.7 Å². The number of nitrogens with zero attached hydrogens (tertiary/aromatic N) is 4. The summed E-state index contributed by atoms with van der Waals surface area (Å²) in [6, 6.07) is 45.7. The van der Waals surface area contributed by atoms with Crippen LogP contribution >= 0.6 is 0 Å². The monoisotopic (exact) mass is 882 g/mol. The van der Waals surface area contributed by atoms with Gasteiger partial charge in [0.25, 0.3) is 6.33 Å². The Morgan fingerprint density at radius 1 is 0.597 bits per heavy atom. The van der Waals surface area contributed by atoms with Gasteiger partial charge in [-0.2, -0.15) is 0 Å². The van der Waals surface area contributed by atoms with Crippen LogP contribution in [0.4, 0.5) is 0 Å². The summed E-state index contributed by atoms with van der Waals surface area (Å²) in [4.78, 5) is 4.92. The molecular formula is C62H60N4O. The lowest BCUT2D eigenvalue weighted by Crippen LogP contribution is -2.31. The van der Waals surface area contributed by atoms with E-state index in [1.807, 2.05) is 82.1 Å². The Hall–Kier alpha value is -7.24. The molecule has 0 spiro atoms. The molecule has 0 amide bonds. The number of hydrogen-bond acceptors (Lipinski definition) is 2. The average molecular weight is 882 g/mol. The predicted molar refractivity (Wildman–Crippen MR) is 278 cm³/mol. The summed E-state index contributed by atoms with van der Waals surface area (Å²) >= 11 is 0. The van der Waals surface area contributed by atoms with Gasteiger partial charge >= 0.3 is 0 Å². The SMILES string of the molecule is [2H]c1c([2H])c([2H])c(-c2cccc(-c3cc(C(C)(C)C)cc(C(C)(C)C)c3)c2-[n+]2[c-]n(-c3cccc(Oc4ccc5c6ccccc6n(-c6cc(C(C)C(C)(C)C)ccn6)c5c4)c3)c3ccccc32)c([2H])c1[2H]. The molecule has 334 valence electrons. The van der Waals surface area contributed by atoms with Gasteiger partial charge in [0.05, 0.1) is 40.3 Å². The van der Waals surface area contributed by atoms with Gasteiger partial charge in [0.2, 0.25) is 0 Å². The number of rotatable bonds is 8. The molecule has 5 nitrogen and oxygen atoms in total. The molecule has 10 aromatic rings. The summed E-state index contributed by atoms with van der Waals surface area (Å²) in [5, 5.41) is 2.23. The Labute approximate surface area is 403 Å². The van der Waals surface area contributed by atoms with E-state index in [0.29, 0.717) is 28.7 Å². The Morgan fingerprint density at radius 3 is 1.96 bits per heavy atom. The lowest BCUT2D eigenvalue weighted by Gasteiger charge is -2.27. The van der Waals surface area contributed by atoms with Crippen molar-refractivity contribution in [1.82, 2.24) is 14.1 Å². The van der Waals surface area contributed by atoms with E-state index < -0.39 is 18.1 Å². The van der Waals surface area contributed by atoms with Crippen LogP contribution < -0.4 is 9.30 Å². The molecule has 5 heteroatoms. The third kappa shape index (κ3) is 8.22. The van der Waals surface area contributed by atoms with E-state index in [1.165, 1.54) is 5.56 Å². The van der Waals surface area contributed by atoms with Crippen LogP contribution in [0.5, 0.6) is 11.5 Å². The molecule has 1 atom stereocenters. The van der Waals surface area contributed by atoms with E-state index in [4.69, 9.17) is 13.8 Å². The number of ether oxygens (including phenoxy) is 1. The van der Waals surface area contributed by atoms with E-state index in [1.54, 1.807) is 0 Å². The lowest BCUT2D eigenvalue weighted by atomic mass is 9.78. The quantitative estimate of drug-likeness (QED) is 0.113. The number of aromatic nitrogens is 4. The second-order valence-electron chi connectivity index (χ2n) is 20.9. The molecule has 0 radical (unpaired) electrons. The second kappa shape index (κ2) is 16.6. The molecule has 3 heterocycles. The van der Waals surface area contributed by atoms with Gasteiger partial charge in [-0.1, -0.05) is 184 Å². The van der Waals surface area contributed by atoms with Crippen molar-refractivity contribution in [3.63, 3.8) is 0 Å². The summed E-state index contributed by atoms with van der Waals surface area (Å²) in [7, 11) is 0. The first-order valence-electron chi connectivity index (χ1n) is 25.7. The zero-order valence-electron chi connectivity index (χ0n) is 45.1. The molecule has 0 aliphatic carbocycles. The molecule has 7 aromatic carbocycles. The van der Waals surface area contributed by atoms with Crippen LogP contribution in [0.25, 0.3) is 72.3 Å². The van der Waals surface area contributed by atoms with Crippen molar-refractivity contribution >= 4 is 32.8 Å². The maximum Gasteiger partial charge on any atom is 0.269 e. The lowest BCUT2D eigenvalue weighted by molar-refractivity contribution is -0.571. The van der Waals surface area contributed by atoms with Gasteiger partial charge in [-0.25, -0.2) is 4.98 Å². The Balaban J connectivity index is 1.14. The third-order valence-corrected chi connectivity index (χ3v) is 13.3. The molecule has 1 unspecified atom stereocenters. The van der Waals surface area contributed by atoms with Crippen LogP contribution in [0.15, 0.2) is 176 Å². The summed E-state index contributed by atoms with van der Waals surface area (Å²) in [5.74, 6) is 2.46. The summed E-state index contributed by atoms with van der Waals surface area (Å²) in [5.41, 5.74) is 10.8. The highest BCUT2D eigenvalue weighted by molar-refractivity contribution is 6.09. The van der Waals surface area contributed by atoms with Gasteiger partial charge in [0.1, 0.15) is 17.3 Å². The average Bonchev–Trinajstić information content (AvgIpc) is 3.90. The van der Waals surface area contributed by atoms with Crippen LogP contribution in [0.1, 0.15) is 98.7 Å². The van der Waals surface area contributed by atoms with Crippen molar-refractivity contribution in [2.24, 2.45) is 5.41 Å². The highest BCUT2D eigenvalue weighted by atomic mass is 16.5. The Bertz CT molecular complexity index is 3710. The van der Waals surface area contributed by atoms with Gasteiger partial charge in [0, 0.05) is 23.0 Å². The smallest absolute Gasteiger partial charge is 0.269 e. The van der Waals surface area contributed by atoms with E-state index in [9.17, 15) is 2.74 Å². The topological polar surface area (TPSA) is 35.9 Å². The van der Waals surface area contributed by atoms with Crippen molar-refractivity contribution in [2.75, 3.05) is 0 Å². The molecule has 0 aliphatic rings. The van der Waals surface area contributed by atoms with Gasteiger partial charge in [-0.15, -0.1) is 0 Å². The molecular weight excluding hydrogens is 817 g/mol. The zero-order valence-corrected chi connectivity index (χ0v) is 40.1. The molecule has 0 bridgehead atoms. The molecule has 10 rings (SSSR count). The fourth-order valence-electron chi connectivity index (χ4n) is 9.08. The normalized spacial score (nSPS) is 13.9. The first-order valence-corrected chi connectivity index (χ1v) is 23.2. The second-order valence-corrected chi connectivity index (χ2v) is 20.9. The first-order chi connectivity index (χ1) is 34.1. The van der Waals surface area contributed by atoms with Crippen LogP contribution in [0.2, 0.25) is 0 Å². The van der Waals surface area contributed by atoms with Gasteiger partial charge in [0.15, 0.2) is 0 Å². The van der Waals surface area contributed by atoms with Crippen molar-refractivity contribution in [2.45, 2.75) is 86.0 Å². The maximum atomic E-state index is 9.21. The van der Waals surface area contributed by atoms with Crippen molar-refractivity contribution in [3.05, 3.63) is 199 Å². The minimum absolute atomic E-state index is 0.0800. The predicted octanol–water partition coefficient (Wildman–Crippen LogP) is 16.1. The Morgan fingerprint density at radius 2 is 1.24 bits per heavy atom. The molecule has 0 aliphatic heterocycles. The largest absolute Gasteiger partial charge is 0.458 e. The van der Waals surface area contributed by atoms with Crippen molar-refractivity contribution in [3.8, 4) is 50.9 Å². The highest BCUT2D eigenvalue weighted by Crippen LogP contribution is 2.41. The third-order valence-electron chi connectivity index (χ3n) is 13.3. The minimum atomic E-state index is -0.438. The molecule has 0 saturated heterocycles. The van der Waals surface area contributed by atoms with Crippen LogP contribution in [-0.4, -0.2) is 14.1 Å². The van der Waals surface area contributed by atoms with E-state index in [0.717, 1.165) is 66.6 Å². The summed E-state index contributed by atoms with van der Waals surface area (Å²) in [6.07, 6.45) is 5.61. The van der Waals surface area contributed by atoms with Gasteiger partial charge < -0.3 is 4.74 Å². The number of pyridine rings is 1. The number of fused-ring (bicyclic) bond motifs is 4. The number of para-hydroxylation sites is 4. The summed E-state index contributed by atoms with van der Waals surface area (Å²) in [6.45, 7) is 22.3.